The van der Waals surface area contributed by atoms with E-state index in [9.17, 15) is 4.79 Å². The van der Waals surface area contributed by atoms with Crippen molar-refractivity contribution < 1.29 is 4.79 Å². The van der Waals surface area contributed by atoms with E-state index in [0.717, 1.165) is 22.4 Å². The van der Waals surface area contributed by atoms with Gasteiger partial charge in [0.15, 0.2) is 5.78 Å². The zero-order valence-electron chi connectivity index (χ0n) is 11.3. The van der Waals surface area contributed by atoms with Crippen molar-refractivity contribution >= 4 is 11.5 Å². The number of rotatable bonds is 4. The number of carbonyl (C=O) groups excluding carboxylic acids is 1. The lowest BCUT2D eigenvalue weighted by Crippen LogP contribution is -2.08. The van der Waals surface area contributed by atoms with Crippen molar-refractivity contribution in [1.29, 1.82) is 0 Å². The van der Waals surface area contributed by atoms with Crippen molar-refractivity contribution in [3.8, 4) is 0 Å². The fourth-order valence-corrected chi connectivity index (χ4v) is 1.96. The van der Waals surface area contributed by atoms with E-state index < -0.39 is 0 Å². The Morgan fingerprint density at radius 3 is 2.26 bits per heavy atom. The summed E-state index contributed by atoms with van der Waals surface area (Å²) in [5.41, 5.74) is 4.16. The number of aryl methyl sites for hydroxylation is 1. The summed E-state index contributed by atoms with van der Waals surface area (Å²) >= 11 is 0. The molecule has 0 unspecified atom stereocenters. The predicted octanol–water partition coefficient (Wildman–Crippen LogP) is 3.42. The first kappa shape index (κ1) is 13.2. The third-order valence-electron chi connectivity index (χ3n) is 2.91. The average Bonchev–Trinajstić information content (AvgIpc) is 2.42. The molecule has 2 rings (SSSR count). The largest absolute Gasteiger partial charge is 0.298 e. The number of benzene rings is 2. The summed E-state index contributed by atoms with van der Waals surface area (Å²) < 4.78 is 0. The summed E-state index contributed by atoms with van der Waals surface area (Å²) in [5, 5.41) is 0. The maximum atomic E-state index is 11.2. The van der Waals surface area contributed by atoms with Crippen LogP contribution in [0.1, 0.15) is 23.6 Å². The van der Waals surface area contributed by atoms with Gasteiger partial charge in [-0.2, -0.15) is 0 Å². The molecule has 0 atom stereocenters. The maximum Gasteiger partial charge on any atom is 0.151 e. The first-order valence-electron chi connectivity index (χ1n) is 6.34. The Balaban J connectivity index is 2.50. The van der Waals surface area contributed by atoms with Gasteiger partial charge in [-0.1, -0.05) is 54.6 Å². The van der Waals surface area contributed by atoms with Gasteiger partial charge >= 0.3 is 0 Å². The van der Waals surface area contributed by atoms with Crippen LogP contribution in [-0.4, -0.2) is 18.0 Å². The zero-order chi connectivity index (χ0) is 13.7. The number of hydrogen-bond donors (Lipinski definition) is 0. The van der Waals surface area contributed by atoms with Crippen molar-refractivity contribution in [2.75, 3.05) is 6.54 Å². The quantitative estimate of drug-likeness (QED) is 0.765. The maximum absolute atomic E-state index is 11.2. The van der Waals surface area contributed by atoms with Crippen LogP contribution < -0.4 is 0 Å². The van der Waals surface area contributed by atoms with Crippen LogP contribution in [0.5, 0.6) is 0 Å². The number of carbonyl (C=O) groups is 1. The van der Waals surface area contributed by atoms with Crippen LogP contribution in [0, 0.1) is 6.92 Å². The molecule has 0 radical (unpaired) electrons. The van der Waals surface area contributed by atoms with E-state index in [4.69, 9.17) is 0 Å². The molecule has 19 heavy (non-hydrogen) atoms. The second kappa shape index (κ2) is 6.10. The molecule has 0 amide bonds. The van der Waals surface area contributed by atoms with Gasteiger partial charge in [-0.05, 0) is 19.4 Å². The molecule has 0 aliphatic carbocycles. The Kier molecular flexibility index (Phi) is 4.24. The van der Waals surface area contributed by atoms with E-state index in [0.29, 0.717) is 0 Å². The summed E-state index contributed by atoms with van der Waals surface area (Å²) in [6, 6.07) is 18.1. The number of ketones is 1. The minimum Gasteiger partial charge on any atom is -0.298 e. The number of hydrogen-bond acceptors (Lipinski definition) is 2. The van der Waals surface area contributed by atoms with Crippen LogP contribution in [0.2, 0.25) is 0 Å². The lowest BCUT2D eigenvalue weighted by Gasteiger charge is -2.10. The van der Waals surface area contributed by atoms with E-state index in [2.05, 4.69) is 18.0 Å². The molecular formula is C17H17NO. The summed E-state index contributed by atoms with van der Waals surface area (Å²) in [5.74, 6) is 0.0713. The lowest BCUT2D eigenvalue weighted by atomic mass is 9.98. The predicted molar refractivity (Wildman–Crippen MR) is 78.8 cm³/mol. The van der Waals surface area contributed by atoms with Crippen LogP contribution >= 0.6 is 0 Å². The molecule has 2 aromatic rings. The van der Waals surface area contributed by atoms with E-state index >= 15 is 0 Å². The standard InChI is InChI=1S/C17H17NO/c1-13-8-6-7-11-16(13)17(18-12-14(2)19)15-9-4-3-5-10-15/h3-11H,12H2,1-2H3. The summed E-state index contributed by atoms with van der Waals surface area (Å²) in [7, 11) is 0. The van der Waals surface area contributed by atoms with Gasteiger partial charge in [0.1, 0.15) is 0 Å². The van der Waals surface area contributed by atoms with Crippen LogP contribution in [0.3, 0.4) is 0 Å². The first-order valence-corrected chi connectivity index (χ1v) is 6.34. The zero-order valence-corrected chi connectivity index (χ0v) is 11.3. The van der Waals surface area contributed by atoms with Crippen molar-refractivity contribution in [3.63, 3.8) is 0 Å². The van der Waals surface area contributed by atoms with Crippen molar-refractivity contribution in [1.82, 2.24) is 0 Å². The molecule has 0 aliphatic heterocycles. The van der Waals surface area contributed by atoms with Gasteiger partial charge < -0.3 is 0 Å². The molecule has 0 aliphatic rings. The molecule has 96 valence electrons. The van der Waals surface area contributed by atoms with E-state index in [1.165, 1.54) is 0 Å². The molecule has 0 saturated heterocycles. The second-order valence-electron chi connectivity index (χ2n) is 4.55. The van der Waals surface area contributed by atoms with Gasteiger partial charge in [0, 0.05) is 11.1 Å². The van der Waals surface area contributed by atoms with Gasteiger partial charge in [0.25, 0.3) is 0 Å². The fraction of sp³-hybridized carbons (Fsp3) is 0.176. The SMILES string of the molecule is CC(=O)CN=C(c1ccccc1)c1ccccc1C. The smallest absolute Gasteiger partial charge is 0.151 e. The van der Waals surface area contributed by atoms with Gasteiger partial charge in [0.05, 0.1) is 12.3 Å². The minimum absolute atomic E-state index is 0.0713. The Bertz CT molecular complexity index is 600. The lowest BCUT2D eigenvalue weighted by molar-refractivity contribution is -0.115. The molecule has 0 bridgehead atoms. The number of Topliss-reactive ketones (excluding diaryl/α,β-unsaturated/α-hetero) is 1. The van der Waals surface area contributed by atoms with Crippen molar-refractivity contribution in [2.24, 2.45) is 4.99 Å². The molecule has 0 saturated carbocycles. The highest BCUT2D eigenvalue weighted by atomic mass is 16.1. The van der Waals surface area contributed by atoms with Crippen LogP contribution in [0.25, 0.3) is 0 Å². The van der Waals surface area contributed by atoms with E-state index in [1.807, 2.05) is 48.5 Å². The highest BCUT2D eigenvalue weighted by Crippen LogP contribution is 2.15. The fourth-order valence-electron chi connectivity index (χ4n) is 1.96. The monoisotopic (exact) mass is 251 g/mol. The van der Waals surface area contributed by atoms with Crippen LogP contribution in [0.4, 0.5) is 0 Å². The Morgan fingerprint density at radius 1 is 1.00 bits per heavy atom. The first-order chi connectivity index (χ1) is 9.18. The normalized spacial score (nSPS) is 11.4. The van der Waals surface area contributed by atoms with Crippen LogP contribution in [-0.2, 0) is 4.79 Å². The topological polar surface area (TPSA) is 29.4 Å². The molecule has 0 N–H and O–H groups in total. The molecule has 0 fully saturated rings. The highest BCUT2D eigenvalue weighted by Gasteiger charge is 2.09. The minimum atomic E-state index is 0.0713. The van der Waals surface area contributed by atoms with Crippen molar-refractivity contribution in [3.05, 3.63) is 71.3 Å². The molecular weight excluding hydrogens is 234 g/mol. The molecule has 0 aromatic heterocycles. The van der Waals surface area contributed by atoms with Gasteiger partial charge in [0.2, 0.25) is 0 Å². The highest BCUT2D eigenvalue weighted by molar-refractivity contribution is 6.14. The van der Waals surface area contributed by atoms with Crippen molar-refractivity contribution in [2.45, 2.75) is 13.8 Å². The summed E-state index contributed by atoms with van der Waals surface area (Å²) in [6.45, 7) is 3.84. The van der Waals surface area contributed by atoms with Gasteiger partial charge in [-0.15, -0.1) is 0 Å². The third-order valence-corrected chi connectivity index (χ3v) is 2.91. The van der Waals surface area contributed by atoms with Crippen LogP contribution in [0.15, 0.2) is 59.6 Å². The molecule has 0 heterocycles. The Morgan fingerprint density at radius 2 is 1.63 bits per heavy atom. The third kappa shape index (κ3) is 3.38. The van der Waals surface area contributed by atoms with E-state index in [1.54, 1.807) is 6.92 Å². The Hall–Kier alpha value is -2.22. The molecule has 2 aromatic carbocycles. The molecule has 2 heteroatoms. The molecule has 0 spiro atoms. The van der Waals surface area contributed by atoms with Gasteiger partial charge in [-0.3, -0.25) is 9.79 Å². The van der Waals surface area contributed by atoms with Gasteiger partial charge in [-0.25, -0.2) is 0 Å². The second-order valence-corrected chi connectivity index (χ2v) is 4.55. The summed E-state index contributed by atoms with van der Waals surface area (Å²) in [4.78, 5) is 15.7. The van der Waals surface area contributed by atoms with E-state index in [-0.39, 0.29) is 12.3 Å². The Labute approximate surface area is 113 Å². The average molecular weight is 251 g/mol. The summed E-state index contributed by atoms with van der Waals surface area (Å²) in [6.07, 6.45) is 0. The molecule has 2 nitrogen and oxygen atoms in total. The number of aliphatic imine (C=N–C) groups is 1. The number of nitrogens with zero attached hydrogens (tertiary/aromatic N) is 1.